The molecule has 0 saturated carbocycles. The van der Waals surface area contributed by atoms with Crippen LogP contribution in [0.4, 0.5) is 0 Å². The lowest BCUT2D eigenvalue weighted by Gasteiger charge is -2.15. The molecule has 1 heterocycles. The molecule has 0 unspecified atom stereocenters. The highest BCUT2D eigenvalue weighted by atomic mass is 16.5. The van der Waals surface area contributed by atoms with Crippen LogP contribution >= 0.6 is 0 Å². The predicted molar refractivity (Wildman–Crippen MR) is 87.1 cm³/mol. The molecule has 2 aromatic carbocycles. The van der Waals surface area contributed by atoms with E-state index in [0.717, 1.165) is 10.9 Å². The van der Waals surface area contributed by atoms with Crippen molar-refractivity contribution in [3.63, 3.8) is 0 Å². The molecule has 0 aliphatic heterocycles. The summed E-state index contributed by atoms with van der Waals surface area (Å²) in [6.45, 7) is 0. The van der Waals surface area contributed by atoms with Gasteiger partial charge in [0.25, 0.3) is 5.91 Å². The summed E-state index contributed by atoms with van der Waals surface area (Å²) in [5, 5.41) is 13.2. The molecule has 0 spiro atoms. The Morgan fingerprint density at radius 2 is 2.09 bits per heavy atom. The molecule has 0 saturated heterocycles. The van der Waals surface area contributed by atoms with Crippen molar-refractivity contribution in [3.05, 3.63) is 65.9 Å². The molecule has 23 heavy (non-hydrogen) atoms. The number of aromatic nitrogens is 1. The summed E-state index contributed by atoms with van der Waals surface area (Å²) in [7, 11) is 1.54. The number of benzene rings is 2. The quantitative estimate of drug-likeness (QED) is 0.777. The maximum Gasteiger partial charge on any atom is 0.252 e. The molecular weight excluding hydrogens is 290 g/mol. The number of ether oxygens (including phenoxy) is 1. The number of fused-ring (bicyclic) bond motifs is 1. The molecule has 2 N–H and O–H groups in total. The third-order valence-corrected chi connectivity index (χ3v) is 3.67. The molecule has 5 heteroatoms. The second kappa shape index (κ2) is 6.24. The van der Waals surface area contributed by atoms with Gasteiger partial charge in [0, 0.05) is 22.8 Å². The fourth-order valence-electron chi connectivity index (χ4n) is 2.49. The monoisotopic (exact) mass is 305 g/mol. The highest BCUT2D eigenvalue weighted by Gasteiger charge is 2.18. The van der Waals surface area contributed by atoms with Crippen LogP contribution in [0.1, 0.15) is 22.0 Å². The number of hydrogen-bond acceptors (Lipinski definition) is 3. The Morgan fingerprint density at radius 3 is 2.87 bits per heavy atom. The lowest BCUT2D eigenvalue weighted by atomic mass is 10.1. The minimum absolute atomic E-state index is 0.307. The zero-order chi connectivity index (χ0) is 16.2. The number of para-hydroxylation sites is 1. The minimum atomic E-state index is -0.780. The summed E-state index contributed by atoms with van der Waals surface area (Å²) in [4.78, 5) is 15.5. The fourth-order valence-corrected chi connectivity index (χ4v) is 2.49. The first-order valence-corrected chi connectivity index (χ1v) is 7.13. The van der Waals surface area contributed by atoms with E-state index in [2.05, 4.69) is 16.4 Å². The zero-order valence-electron chi connectivity index (χ0n) is 12.5. The predicted octanol–water partition coefficient (Wildman–Crippen LogP) is 3.17. The van der Waals surface area contributed by atoms with Gasteiger partial charge in [0.15, 0.2) is 0 Å². The first-order valence-electron chi connectivity index (χ1n) is 7.13. The Labute approximate surface area is 133 Å². The third-order valence-electron chi connectivity index (χ3n) is 3.67. The van der Waals surface area contributed by atoms with Crippen LogP contribution in [-0.2, 0) is 0 Å². The van der Waals surface area contributed by atoms with Crippen molar-refractivity contribution in [3.8, 4) is 11.8 Å². The van der Waals surface area contributed by atoms with E-state index in [9.17, 15) is 10.1 Å². The van der Waals surface area contributed by atoms with Crippen molar-refractivity contribution in [1.82, 2.24) is 10.3 Å². The van der Waals surface area contributed by atoms with Gasteiger partial charge in [-0.1, -0.05) is 24.3 Å². The summed E-state index contributed by atoms with van der Waals surface area (Å²) in [6, 6.07) is 15.8. The smallest absolute Gasteiger partial charge is 0.252 e. The fraction of sp³-hybridized carbons (Fsp3) is 0.111. The van der Waals surface area contributed by atoms with Gasteiger partial charge in [0.2, 0.25) is 0 Å². The van der Waals surface area contributed by atoms with Gasteiger partial charge in [0.05, 0.1) is 13.2 Å². The van der Waals surface area contributed by atoms with Crippen LogP contribution < -0.4 is 10.1 Å². The van der Waals surface area contributed by atoms with Gasteiger partial charge in [-0.15, -0.1) is 0 Å². The highest BCUT2D eigenvalue weighted by Crippen LogP contribution is 2.24. The van der Waals surface area contributed by atoms with E-state index in [1.165, 1.54) is 7.11 Å². The standard InChI is InChI=1S/C18H15N3O2/c1-23-17-5-3-2-4-14(17)16(11-19)21-18(22)13-7-6-12-8-9-20-15(12)10-13/h2-10,16,20H,1H3,(H,21,22)/t16-/m0/s1. The number of methoxy groups -OCH3 is 1. The van der Waals surface area contributed by atoms with Gasteiger partial charge >= 0.3 is 0 Å². The van der Waals surface area contributed by atoms with E-state index in [0.29, 0.717) is 16.9 Å². The van der Waals surface area contributed by atoms with Gasteiger partial charge in [-0.05, 0) is 29.7 Å². The molecule has 3 aromatic rings. The number of nitrogens with zero attached hydrogens (tertiary/aromatic N) is 1. The molecule has 1 atom stereocenters. The minimum Gasteiger partial charge on any atom is -0.496 e. The van der Waals surface area contributed by atoms with Gasteiger partial charge in [-0.2, -0.15) is 5.26 Å². The average molecular weight is 305 g/mol. The molecule has 0 fully saturated rings. The Bertz CT molecular complexity index is 892. The average Bonchev–Trinajstić information content (AvgIpc) is 3.07. The van der Waals surface area contributed by atoms with E-state index in [1.807, 2.05) is 24.4 Å². The summed E-state index contributed by atoms with van der Waals surface area (Å²) >= 11 is 0. The first-order chi connectivity index (χ1) is 11.2. The maximum absolute atomic E-state index is 12.4. The normalized spacial score (nSPS) is 11.7. The van der Waals surface area contributed by atoms with Crippen molar-refractivity contribution >= 4 is 16.8 Å². The Balaban J connectivity index is 1.86. The molecule has 0 bridgehead atoms. The van der Waals surface area contributed by atoms with E-state index in [1.54, 1.807) is 30.3 Å². The van der Waals surface area contributed by atoms with Crippen molar-refractivity contribution in [2.45, 2.75) is 6.04 Å². The number of nitrogens with one attached hydrogen (secondary N) is 2. The van der Waals surface area contributed by atoms with Gasteiger partial charge < -0.3 is 15.0 Å². The number of carbonyl (C=O) groups excluding carboxylic acids is 1. The summed E-state index contributed by atoms with van der Waals surface area (Å²) in [5.41, 5.74) is 2.00. The van der Waals surface area contributed by atoms with Crippen LogP contribution in [0.25, 0.3) is 10.9 Å². The van der Waals surface area contributed by atoms with E-state index in [4.69, 9.17) is 4.74 Å². The Morgan fingerprint density at radius 1 is 1.26 bits per heavy atom. The number of hydrogen-bond donors (Lipinski definition) is 2. The van der Waals surface area contributed by atoms with Crippen LogP contribution in [0.5, 0.6) is 5.75 Å². The molecule has 3 rings (SSSR count). The Kier molecular flexibility index (Phi) is 3.98. The van der Waals surface area contributed by atoms with Crippen LogP contribution in [0.3, 0.4) is 0 Å². The molecule has 1 amide bonds. The molecule has 1 aromatic heterocycles. The SMILES string of the molecule is COc1ccccc1[C@H](C#N)NC(=O)c1ccc2cc[nH]c2c1. The van der Waals surface area contributed by atoms with E-state index < -0.39 is 6.04 Å². The number of carbonyl (C=O) groups is 1. The molecule has 0 radical (unpaired) electrons. The molecule has 0 aliphatic carbocycles. The molecule has 5 nitrogen and oxygen atoms in total. The topological polar surface area (TPSA) is 77.9 Å². The number of nitriles is 1. The lowest BCUT2D eigenvalue weighted by Crippen LogP contribution is -2.27. The number of rotatable bonds is 4. The lowest BCUT2D eigenvalue weighted by molar-refractivity contribution is 0.0945. The van der Waals surface area contributed by atoms with Crippen molar-refractivity contribution in [2.24, 2.45) is 0 Å². The summed E-state index contributed by atoms with van der Waals surface area (Å²) in [5.74, 6) is 0.262. The van der Waals surface area contributed by atoms with Gasteiger partial charge in [-0.25, -0.2) is 0 Å². The Hall–Kier alpha value is -3.26. The first kappa shape index (κ1) is 14.7. The molecular formula is C18H15N3O2. The molecule has 114 valence electrons. The number of H-pyrrole nitrogens is 1. The maximum atomic E-state index is 12.4. The highest BCUT2D eigenvalue weighted by molar-refractivity contribution is 5.98. The van der Waals surface area contributed by atoms with Crippen molar-refractivity contribution in [1.29, 1.82) is 5.26 Å². The third kappa shape index (κ3) is 2.87. The van der Waals surface area contributed by atoms with Crippen LogP contribution in [0.2, 0.25) is 0 Å². The second-order valence-corrected chi connectivity index (χ2v) is 5.06. The van der Waals surface area contributed by atoms with Gasteiger partial charge in [0.1, 0.15) is 11.8 Å². The second-order valence-electron chi connectivity index (χ2n) is 5.06. The van der Waals surface area contributed by atoms with E-state index >= 15 is 0 Å². The van der Waals surface area contributed by atoms with Crippen LogP contribution in [-0.4, -0.2) is 18.0 Å². The van der Waals surface area contributed by atoms with Crippen molar-refractivity contribution in [2.75, 3.05) is 7.11 Å². The zero-order valence-corrected chi connectivity index (χ0v) is 12.5. The summed E-state index contributed by atoms with van der Waals surface area (Å²) < 4.78 is 5.26. The number of aromatic amines is 1. The van der Waals surface area contributed by atoms with Gasteiger partial charge in [-0.3, -0.25) is 4.79 Å². The van der Waals surface area contributed by atoms with Crippen LogP contribution in [0, 0.1) is 11.3 Å². The largest absolute Gasteiger partial charge is 0.496 e. The number of amides is 1. The summed E-state index contributed by atoms with van der Waals surface area (Å²) in [6.07, 6.45) is 1.82. The molecule has 0 aliphatic rings. The van der Waals surface area contributed by atoms with Crippen LogP contribution in [0.15, 0.2) is 54.7 Å². The van der Waals surface area contributed by atoms with E-state index in [-0.39, 0.29) is 5.91 Å². The van der Waals surface area contributed by atoms with Crippen molar-refractivity contribution < 1.29 is 9.53 Å².